The van der Waals surface area contributed by atoms with Crippen LogP contribution in [0.15, 0.2) is 29.2 Å². The summed E-state index contributed by atoms with van der Waals surface area (Å²) in [6.07, 6.45) is 5.20. The second kappa shape index (κ2) is 8.84. The molecule has 0 aliphatic heterocycles. The van der Waals surface area contributed by atoms with Crippen molar-refractivity contribution in [3.05, 3.63) is 29.3 Å². The molecule has 0 radical (unpaired) electrons. The predicted octanol–water partition coefficient (Wildman–Crippen LogP) is 4.60. The zero-order valence-electron chi connectivity index (χ0n) is 10.7. The van der Waals surface area contributed by atoms with E-state index in [1.807, 2.05) is 30.0 Å². The molecule has 0 fully saturated rings. The molecule has 96 valence electrons. The summed E-state index contributed by atoms with van der Waals surface area (Å²) in [5.74, 6) is 1.11. The highest BCUT2D eigenvalue weighted by Crippen LogP contribution is 2.23. The van der Waals surface area contributed by atoms with Gasteiger partial charge in [-0.25, -0.2) is 0 Å². The Morgan fingerprint density at radius 1 is 1.35 bits per heavy atom. The number of rotatable bonds is 8. The lowest BCUT2D eigenvalue weighted by Gasteiger charge is -2.15. The van der Waals surface area contributed by atoms with Crippen LogP contribution in [0.5, 0.6) is 0 Å². The third-order valence-electron chi connectivity index (χ3n) is 2.81. The first-order valence-electron chi connectivity index (χ1n) is 6.32. The van der Waals surface area contributed by atoms with Crippen molar-refractivity contribution in [2.24, 2.45) is 0 Å². The Kier molecular flexibility index (Phi) is 7.74. The van der Waals surface area contributed by atoms with Gasteiger partial charge >= 0.3 is 0 Å². The van der Waals surface area contributed by atoms with Crippen LogP contribution in [0.25, 0.3) is 0 Å². The van der Waals surface area contributed by atoms with Gasteiger partial charge in [0.05, 0.1) is 0 Å². The minimum atomic E-state index is 0.602. The van der Waals surface area contributed by atoms with Gasteiger partial charge in [-0.2, -0.15) is 0 Å². The number of hydrogen-bond donors (Lipinski definition) is 1. The lowest BCUT2D eigenvalue weighted by molar-refractivity contribution is 0.531. The number of unbranched alkanes of at least 4 members (excludes halogenated alkanes) is 2. The summed E-state index contributed by atoms with van der Waals surface area (Å²) in [5, 5.41) is 4.21. The van der Waals surface area contributed by atoms with E-state index in [1.165, 1.54) is 30.6 Å². The van der Waals surface area contributed by atoms with Crippen LogP contribution in [0.1, 0.15) is 32.6 Å². The third kappa shape index (κ3) is 6.35. The molecule has 0 spiro atoms. The third-order valence-corrected chi connectivity index (χ3v) is 4.20. The molecule has 0 saturated heterocycles. The number of nitrogens with one attached hydrogen (secondary N) is 1. The van der Waals surface area contributed by atoms with Crippen molar-refractivity contribution in [2.45, 2.75) is 43.5 Å². The maximum absolute atomic E-state index is 5.97. The largest absolute Gasteiger partial charge is 0.316 e. The molecule has 17 heavy (non-hydrogen) atoms. The molecule has 1 rings (SSSR count). The van der Waals surface area contributed by atoms with Gasteiger partial charge in [-0.1, -0.05) is 43.9 Å². The van der Waals surface area contributed by atoms with Gasteiger partial charge in [-0.15, -0.1) is 11.8 Å². The minimum Gasteiger partial charge on any atom is -0.316 e. The van der Waals surface area contributed by atoms with Gasteiger partial charge in [0.15, 0.2) is 0 Å². The Balaban J connectivity index is 2.31. The van der Waals surface area contributed by atoms with Crippen molar-refractivity contribution in [2.75, 3.05) is 12.8 Å². The van der Waals surface area contributed by atoms with E-state index in [-0.39, 0.29) is 0 Å². The number of hydrogen-bond acceptors (Lipinski definition) is 2. The molecule has 0 aromatic heterocycles. The van der Waals surface area contributed by atoms with Crippen molar-refractivity contribution < 1.29 is 0 Å². The molecule has 1 aromatic rings. The Labute approximate surface area is 114 Å². The van der Waals surface area contributed by atoms with E-state index in [0.717, 1.165) is 10.8 Å². The zero-order chi connectivity index (χ0) is 12.5. The highest BCUT2D eigenvalue weighted by atomic mass is 35.5. The molecule has 1 unspecified atom stereocenters. The topological polar surface area (TPSA) is 12.0 Å². The van der Waals surface area contributed by atoms with Gasteiger partial charge in [0, 0.05) is 21.7 Å². The Hall–Kier alpha value is -0.180. The summed E-state index contributed by atoms with van der Waals surface area (Å²) < 4.78 is 0. The van der Waals surface area contributed by atoms with Crippen LogP contribution in [0.3, 0.4) is 0 Å². The van der Waals surface area contributed by atoms with E-state index in [2.05, 4.69) is 25.4 Å². The molecule has 1 atom stereocenters. The predicted molar refractivity (Wildman–Crippen MR) is 79.2 cm³/mol. The lowest BCUT2D eigenvalue weighted by Crippen LogP contribution is -2.27. The Morgan fingerprint density at radius 2 is 2.18 bits per heavy atom. The molecule has 3 heteroatoms. The normalized spacial score (nSPS) is 12.6. The van der Waals surface area contributed by atoms with Gasteiger partial charge in [0.25, 0.3) is 0 Å². The monoisotopic (exact) mass is 271 g/mol. The molecule has 0 amide bonds. The van der Waals surface area contributed by atoms with Crippen LogP contribution in [0.2, 0.25) is 5.02 Å². The highest BCUT2D eigenvalue weighted by molar-refractivity contribution is 7.99. The van der Waals surface area contributed by atoms with Crippen LogP contribution >= 0.6 is 23.4 Å². The van der Waals surface area contributed by atoms with Crippen LogP contribution in [0, 0.1) is 0 Å². The molecule has 1 nitrogen and oxygen atoms in total. The van der Waals surface area contributed by atoms with Crippen LogP contribution in [-0.4, -0.2) is 18.8 Å². The fourth-order valence-electron chi connectivity index (χ4n) is 1.71. The fraction of sp³-hybridized carbons (Fsp3) is 0.571. The second-order valence-electron chi connectivity index (χ2n) is 4.25. The van der Waals surface area contributed by atoms with Crippen molar-refractivity contribution >= 4 is 23.4 Å². The molecule has 1 N–H and O–H groups in total. The van der Waals surface area contributed by atoms with E-state index < -0.39 is 0 Å². The first-order chi connectivity index (χ1) is 8.26. The van der Waals surface area contributed by atoms with Gasteiger partial charge < -0.3 is 5.32 Å². The molecule has 0 saturated carbocycles. The zero-order valence-corrected chi connectivity index (χ0v) is 12.3. The van der Waals surface area contributed by atoms with Crippen molar-refractivity contribution in [3.8, 4) is 0 Å². The van der Waals surface area contributed by atoms with E-state index in [9.17, 15) is 0 Å². The smallest absolute Gasteiger partial charge is 0.0417 e. The van der Waals surface area contributed by atoms with Crippen molar-refractivity contribution in [1.82, 2.24) is 5.32 Å². The van der Waals surface area contributed by atoms with E-state index >= 15 is 0 Å². The first-order valence-corrected chi connectivity index (χ1v) is 7.68. The number of thioether (sulfide) groups is 1. The minimum absolute atomic E-state index is 0.602. The fourth-order valence-corrected chi connectivity index (χ4v) is 3.07. The summed E-state index contributed by atoms with van der Waals surface area (Å²) in [5.41, 5.74) is 0. The highest BCUT2D eigenvalue weighted by Gasteiger charge is 2.06. The van der Waals surface area contributed by atoms with Gasteiger partial charge in [-0.05, 0) is 31.7 Å². The Bertz CT molecular complexity index is 317. The molecule has 0 aliphatic rings. The van der Waals surface area contributed by atoms with Gasteiger partial charge in [-0.3, -0.25) is 0 Å². The summed E-state index contributed by atoms with van der Waals surface area (Å²) in [7, 11) is 2.05. The standard InChI is InChI=1S/C14H22ClNS/c1-3-4-5-8-13(16-2)11-17-14-9-6-7-12(15)10-14/h6-7,9-10,13,16H,3-5,8,11H2,1-2H3. The quantitative estimate of drug-likeness (QED) is 0.548. The van der Waals surface area contributed by atoms with Crippen LogP contribution in [0.4, 0.5) is 0 Å². The summed E-state index contributed by atoms with van der Waals surface area (Å²) in [6.45, 7) is 2.25. The number of benzene rings is 1. The maximum Gasteiger partial charge on any atom is 0.0417 e. The van der Waals surface area contributed by atoms with E-state index in [1.54, 1.807) is 0 Å². The molecular weight excluding hydrogens is 250 g/mol. The van der Waals surface area contributed by atoms with Crippen LogP contribution in [-0.2, 0) is 0 Å². The van der Waals surface area contributed by atoms with Gasteiger partial charge in [0.1, 0.15) is 0 Å². The lowest BCUT2D eigenvalue weighted by atomic mass is 10.1. The SMILES string of the molecule is CCCCCC(CSc1cccc(Cl)c1)NC. The first kappa shape index (κ1) is 14.9. The molecule has 0 heterocycles. The molecular formula is C14H22ClNS. The molecule has 0 aliphatic carbocycles. The summed E-state index contributed by atoms with van der Waals surface area (Å²) in [4.78, 5) is 1.26. The molecule has 0 bridgehead atoms. The van der Waals surface area contributed by atoms with Gasteiger partial charge in [0.2, 0.25) is 0 Å². The van der Waals surface area contributed by atoms with Crippen molar-refractivity contribution in [1.29, 1.82) is 0 Å². The Morgan fingerprint density at radius 3 is 2.82 bits per heavy atom. The van der Waals surface area contributed by atoms with Crippen LogP contribution < -0.4 is 5.32 Å². The average Bonchev–Trinajstić information content (AvgIpc) is 2.34. The van der Waals surface area contributed by atoms with E-state index in [0.29, 0.717) is 6.04 Å². The van der Waals surface area contributed by atoms with Crippen molar-refractivity contribution in [3.63, 3.8) is 0 Å². The maximum atomic E-state index is 5.97. The summed E-state index contributed by atoms with van der Waals surface area (Å²) in [6, 6.07) is 8.68. The number of halogens is 1. The summed E-state index contributed by atoms with van der Waals surface area (Å²) >= 11 is 7.85. The molecule has 1 aromatic carbocycles. The average molecular weight is 272 g/mol. The second-order valence-corrected chi connectivity index (χ2v) is 5.78. The van der Waals surface area contributed by atoms with E-state index in [4.69, 9.17) is 11.6 Å².